The summed E-state index contributed by atoms with van der Waals surface area (Å²) in [6.07, 6.45) is 7.31. The maximum Gasteiger partial charge on any atom is 0.230 e. The molecule has 1 atom stereocenters. The molecular weight excluding hydrogens is 282 g/mol. The molecule has 4 rings (SSSR count). The molecule has 3 aromatic rings. The lowest BCUT2D eigenvalue weighted by Crippen LogP contribution is -2.17. The summed E-state index contributed by atoms with van der Waals surface area (Å²) in [5.41, 5.74) is 2.03. The second-order valence-corrected chi connectivity index (χ2v) is 5.31. The number of methoxy groups -OCH3 is 1. The molecule has 4 heterocycles. The van der Waals surface area contributed by atoms with Gasteiger partial charge in [-0.1, -0.05) is 5.16 Å². The van der Waals surface area contributed by atoms with Gasteiger partial charge in [0.1, 0.15) is 0 Å². The predicted octanol–water partition coefficient (Wildman–Crippen LogP) is 2.07. The van der Waals surface area contributed by atoms with Crippen LogP contribution in [0.2, 0.25) is 0 Å². The molecule has 0 saturated carbocycles. The van der Waals surface area contributed by atoms with E-state index in [0.29, 0.717) is 17.6 Å². The third-order valence-electron chi connectivity index (χ3n) is 3.97. The van der Waals surface area contributed by atoms with Crippen LogP contribution in [0.4, 0.5) is 0 Å². The van der Waals surface area contributed by atoms with Crippen molar-refractivity contribution >= 4 is 0 Å². The van der Waals surface area contributed by atoms with E-state index in [9.17, 15) is 0 Å². The van der Waals surface area contributed by atoms with Gasteiger partial charge < -0.3 is 13.8 Å². The van der Waals surface area contributed by atoms with Gasteiger partial charge in [-0.2, -0.15) is 4.98 Å². The molecule has 22 heavy (non-hydrogen) atoms. The molecule has 0 fully saturated rings. The zero-order valence-corrected chi connectivity index (χ0v) is 12.1. The largest absolute Gasteiger partial charge is 0.481 e. The van der Waals surface area contributed by atoms with Gasteiger partial charge in [0.25, 0.3) is 0 Å². The quantitative estimate of drug-likeness (QED) is 0.736. The highest BCUT2D eigenvalue weighted by Gasteiger charge is 2.25. The van der Waals surface area contributed by atoms with Crippen LogP contribution in [0, 0.1) is 0 Å². The molecule has 0 saturated heterocycles. The van der Waals surface area contributed by atoms with E-state index in [0.717, 1.165) is 24.9 Å². The normalized spacial score (nSPS) is 17.2. The van der Waals surface area contributed by atoms with Gasteiger partial charge >= 0.3 is 0 Å². The first-order chi connectivity index (χ1) is 10.8. The average Bonchev–Trinajstić information content (AvgIpc) is 3.23. The Morgan fingerprint density at radius 1 is 1.32 bits per heavy atom. The number of pyridine rings is 1. The Bertz CT molecular complexity index is 777. The summed E-state index contributed by atoms with van der Waals surface area (Å²) in [7, 11) is 1.59. The highest BCUT2D eigenvalue weighted by Crippen LogP contribution is 2.29. The molecule has 0 N–H and O–H groups in total. The monoisotopic (exact) mass is 297 g/mol. The zero-order chi connectivity index (χ0) is 14.9. The van der Waals surface area contributed by atoms with E-state index in [1.54, 1.807) is 19.4 Å². The number of ether oxygens (including phenoxy) is 1. The molecule has 1 aliphatic heterocycles. The number of aromatic nitrogens is 5. The lowest BCUT2D eigenvalue weighted by molar-refractivity contribution is 0.325. The number of hydrogen-bond acceptors (Lipinski definition) is 6. The zero-order valence-electron chi connectivity index (χ0n) is 12.1. The van der Waals surface area contributed by atoms with Gasteiger partial charge in [0.05, 0.1) is 13.4 Å². The third-order valence-corrected chi connectivity index (χ3v) is 3.97. The van der Waals surface area contributed by atoms with Crippen LogP contribution in [-0.2, 0) is 13.0 Å². The van der Waals surface area contributed by atoms with Crippen molar-refractivity contribution in [3.63, 3.8) is 0 Å². The molecule has 0 aliphatic carbocycles. The van der Waals surface area contributed by atoms with E-state index in [1.165, 1.54) is 5.69 Å². The fourth-order valence-electron chi connectivity index (χ4n) is 2.73. The Labute approximate surface area is 127 Å². The van der Waals surface area contributed by atoms with Crippen molar-refractivity contribution in [1.29, 1.82) is 0 Å². The molecule has 0 aromatic carbocycles. The first-order valence-electron chi connectivity index (χ1n) is 7.16. The molecule has 7 heteroatoms. The molecular formula is C15H15N5O2. The van der Waals surface area contributed by atoms with E-state index < -0.39 is 0 Å². The second kappa shape index (κ2) is 5.25. The summed E-state index contributed by atoms with van der Waals surface area (Å²) < 4.78 is 12.7. The van der Waals surface area contributed by atoms with Gasteiger partial charge in [-0.25, -0.2) is 9.97 Å². The van der Waals surface area contributed by atoms with E-state index in [4.69, 9.17) is 9.26 Å². The summed E-state index contributed by atoms with van der Waals surface area (Å²) >= 11 is 0. The maximum absolute atomic E-state index is 5.46. The van der Waals surface area contributed by atoms with Crippen molar-refractivity contribution in [2.24, 2.45) is 0 Å². The summed E-state index contributed by atoms with van der Waals surface area (Å²) in [5, 5.41) is 4.07. The first-order valence-corrected chi connectivity index (χ1v) is 7.16. The highest BCUT2D eigenvalue weighted by atomic mass is 16.5. The Morgan fingerprint density at radius 3 is 3.09 bits per heavy atom. The number of rotatable bonds is 3. The highest BCUT2D eigenvalue weighted by molar-refractivity contribution is 5.53. The van der Waals surface area contributed by atoms with E-state index in [1.807, 2.05) is 18.6 Å². The molecule has 1 aliphatic rings. The van der Waals surface area contributed by atoms with Crippen LogP contribution in [-0.4, -0.2) is 31.8 Å². The average molecular weight is 297 g/mol. The summed E-state index contributed by atoms with van der Waals surface area (Å²) in [6, 6.07) is 3.65. The summed E-state index contributed by atoms with van der Waals surface area (Å²) in [4.78, 5) is 12.9. The number of nitrogens with zero attached hydrogens (tertiary/aromatic N) is 5. The van der Waals surface area contributed by atoms with Gasteiger partial charge in [0, 0.05) is 48.6 Å². The van der Waals surface area contributed by atoms with Gasteiger partial charge in [-0.3, -0.25) is 0 Å². The van der Waals surface area contributed by atoms with Crippen molar-refractivity contribution in [1.82, 2.24) is 24.7 Å². The lowest BCUT2D eigenvalue weighted by atomic mass is 9.96. The molecule has 0 amide bonds. The Morgan fingerprint density at radius 2 is 2.27 bits per heavy atom. The second-order valence-electron chi connectivity index (χ2n) is 5.31. The van der Waals surface area contributed by atoms with Crippen LogP contribution in [0.15, 0.2) is 35.4 Å². The predicted molar refractivity (Wildman–Crippen MR) is 77.4 cm³/mol. The van der Waals surface area contributed by atoms with Crippen molar-refractivity contribution in [2.75, 3.05) is 7.11 Å². The molecule has 0 bridgehead atoms. The molecule has 0 unspecified atom stereocenters. The van der Waals surface area contributed by atoms with Crippen LogP contribution in [0.3, 0.4) is 0 Å². The third kappa shape index (κ3) is 2.24. The molecule has 0 spiro atoms. The Balaban J connectivity index is 1.56. The van der Waals surface area contributed by atoms with Crippen LogP contribution in [0.5, 0.6) is 5.88 Å². The SMILES string of the molecule is COc1ccc(-c2noc([C@@H]3CCn4cncc4C3)n2)cn1. The summed E-state index contributed by atoms with van der Waals surface area (Å²) in [5.74, 6) is 2.05. The van der Waals surface area contributed by atoms with Crippen molar-refractivity contribution in [3.05, 3.63) is 42.4 Å². The van der Waals surface area contributed by atoms with Crippen molar-refractivity contribution in [3.8, 4) is 17.3 Å². The van der Waals surface area contributed by atoms with Crippen molar-refractivity contribution in [2.45, 2.75) is 25.3 Å². The number of aryl methyl sites for hydroxylation is 1. The Hall–Kier alpha value is -2.70. The van der Waals surface area contributed by atoms with Gasteiger partial charge in [-0.15, -0.1) is 0 Å². The summed E-state index contributed by atoms with van der Waals surface area (Å²) in [6.45, 7) is 0.932. The minimum atomic E-state index is 0.247. The topological polar surface area (TPSA) is 78.9 Å². The maximum atomic E-state index is 5.46. The van der Waals surface area contributed by atoms with Crippen LogP contribution in [0.25, 0.3) is 11.4 Å². The van der Waals surface area contributed by atoms with Crippen LogP contribution in [0.1, 0.15) is 23.9 Å². The standard InChI is InChI=1S/C15H15N5O2/c1-21-13-3-2-11(7-17-13)14-18-15(22-19-14)10-4-5-20-9-16-8-12(20)6-10/h2-3,7-10H,4-6H2,1H3/t10-/m1/s1. The van der Waals surface area contributed by atoms with Crippen LogP contribution >= 0.6 is 0 Å². The molecule has 3 aromatic heterocycles. The molecule has 112 valence electrons. The molecule has 0 radical (unpaired) electrons. The van der Waals surface area contributed by atoms with Gasteiger partial charge in [-0.05, 0) is 12.5 Å². The Kier molecular flexibility index (Phi) is 3.10. The van der Waals surface area contributed by atoms with Crippen LogP contribution < -0.4 is 4.74 Å². The van der Waals surface area contributed by atoms with Gasteiger partial charge in [0.15, 0.2) is 0 Å². The lowest BCUT2D eigenvalue weighted by Gasteiger charge is -2.20. The smallest absolute Gasteiger partial charge is 0.230 e. The minimum absolute atomic E-state index is 0.247. The first kappa shape index (κ1) is 13.0. The fraction of sp³-hybridized carbons (Fsp3) is 0.333. The van der Waals surface area contributed by atoms with Gasteiger partial charge in [0.2, 0.25) is 17.6 Å². The van der Waals surface area contributed by atoms with E-state index in [2.05, 4.69) is 24.7 Å². The fourth-order valence-corrected chi connectivity index (χ4v) is 2.73. The van der Waals surface area contributed by atoms with E-state index >= 15 is 0 Å². The minimum Gasteiger partial charge on any atom is -0.481 e. The molecule has 7 nitrogen and oxygen atoms in total. The number of hydrogen-bond donors (Lipinski definition) is 0. The van der Waals surface area contributed by atoms with E-state index in [-0.39, 0.29) is 5.92 Å². The number of imidazole rings is 1. The van der Waals surface area contributed by atoms with Crippen molar-refractivity contribution < 1.29 is 9.26 Å². The number of fused-ring (bicyclic) bond motifs is 1.